The van der Waals surface area contributed by atoms with Crippen molar-refractivity contribution in [3.05, 3.63) is 52.5 Å². The molecule has 4 rings (SSSR count). The summed E-state index contributed by atoms with van der Waals surface area (Å²) < 4.78 is 1.25. The zero-order valence-corrected chi connectivity index (χ0v) is 16.9. The molecule has 27 heavy (non-hydrogen) atoms. The van der Waals surface area contributed by atoms with Crippen LogP contribution in [0.3, 0.4) is 0 Å². The first-order valence-corrected chi connectivity index (χ1v) is 10.4. The van der Waals surface area contributed by atoms with Crippen LogP contribution in [0, 0.1) is 26.7 Å². The Labute approximate surface area is 164 Å². The molecule has 4 nitrogen and oxygen atoms in total. The van der Waals surface area contributed by atoms with Gasteiger partial charge in [0.05, 0.1) is 5.92 Å². The van der Waals surface area contributed by atoms with E-state index in [9.17, 15) is 4.79 Å². The Balaban J connectivity index is 1.53. The van der Waals surface area contributed by atoms with Crippen LogP contribution < -0.4 is 10.2 Å². The SMILES string of the molecule is Cc1cc(C)c(NC(=O)C2CCCN(c3nccc4sccc34)C2)c(C)c1. The number of carbonyl (C=O) groups excluding carboxylic acids is 1. The van der Waals surface area contributed by atoms with E-state index in [2.05, 4.69) is 65.6 Å². The lowest BCUT2D eigenvalue weighted by molar-refractivity contribution is -0.120. The normalized spacial score (nSPS) is 17.3. The van der Waals surface area contributed by atoms with Crippen molar-refractivity contribution in [1.82, 2.24) is 4.98 Å². The predicted molar refractivity (Wildman–Crippen MR) is 114 cm³/mol. The van der Waals surface area contributed by atoms with Crippen molar-refractivity contribution in [2.45, 2.75) is 33.6 Å². The average molecular weight is 380 g/mol. The lowest BCUT2D eigenvalue weighted by Crippen LogP contribution is -2.41. The van der Waals surface area contributed by atoms with Crippen molar-refractivity contribution in [2.75, 3.05) is 23.3 Å². The number of hydrogen-bond donors (Lipinski definition) is 1. The van der Waals surface area contributed by atoms with Crippen molar-refractivity contribution in [1.29, 1.82) is 0 Å². The molecule has 1 amide bonds. The molecule has 3 aromatic rings. The number of benzene rings is 1. The highest BCUT2D eigenvalue weighted by molar-refractivity contribution is 7.17. The summed E-state index contributed by atoms with van der Waals surface area (Å²) in [5.74, 6) is 1.11. The Kier molecular flexibility index (Phi) is 4.87. The molecule has 0 saturated carbocycles. The van der Waals surface area contributed by atoms with Gasteiger partial charge in [-0.15, -0.1) is 11.3 Å². The summed E-state index contributed by atoms with van der Waals surface area (Å²) in [6.45, 7) is 7.88. The van der Waals surface area contributed by atoms with Gasteiger partial charge in [-0.2, -0.15) is 0 Å². The molecule has 1 aliphatic rings. The number of hydrogen-bond acceptors (Lipinski definition) is 4. The Morgan fingerprint density at radius 2 is 2.00 bits per heavy atom. The van der Waals surface area contributed by atoms with Gasteiger partial charge in [0.1, 0.15) is 5.82 Å². The smallest absolute Gasteiger partial charge is 0.229 e. The Bertz CT molecular complexity index is 971. The molecular weight excluding hydrogens is 354 g/mol. The maximum absolute atomic E-state index is 13.0. The number of pyridine rings is 1. The van der Waals surface area contributed by atoms with E-state index in [1.165, 1.54) is 15.6 Å². The van der Waals surface area contributed by atoms with Crippen molar-refractivity contribution >= 4 is 38.8 Å². The summed E-state index contributed by atoms with van der Waals surface area (Å²) in [6, 6.07) is 8.43. The fourth-order valence-corrected chi connectivity index (χ4v) is 4.89. The third kappa shape index (κ3) is 3.56. The van der Waals surface area contributed by atoms with Gasteiger partial charge >= 0.3 is 0 Å². The highest BCUT2D eigenvalue weighted by Gasteiger charge is 2.28. The number of anilines is 2. The fourth-order valence-electron chi connectivity index (χ4n) is 4.12. The number of amides is 1. The van der Waals surface area contributed by atoms with E-state index in [1.54, 1.807) is 11.3 Å². The molecule has 140 valence electrons. The van der Waals surface area contributed by atoms with Gasteiger partial charge in [-0.25, -0.2) is 4.98 Å². The van der Waals surface area contributed by atoms with E-state index in [1.807, 2.05) is 6.20 Å². The van der Waals surface area contributed by atoms with Crippen LogP contribution in [0.4, 0.5) is 11.5 Å². The molecular formula is C22H25N3OS. The number of aromatic nitrogens is 1. The molecule has 5 heteroatoms. The van der Waals surface area contributed by atoms with Gasteiger partial charge in [-0.05, 0) is 62.3 Å². The van der Waals surface area contributed by atoms with Crippen molar-refractivity contribution in [3.8, 4) is 0 Å². The molecule has 1 saturated heterocycles. The summed E-state index contributed by atoms with van der Waals surface area (Å²) >= 11 is 1.73. The number of fused-ring (bicyclic) bond motifs is 1. The highest BCUT2D eigenvalue weighted by atomic mass is 32.1. The first kappa shape index (κ1) is 18.0. The molecule has 1 N–H and O–H groups in total. The van der Waals surface area contributed by atoms with Crippen LogP contribution in [0.1, 0.15) is 29.5 Å². The minimum Gasteiger partial charge on any atom is -0.355 e. The van der Waals surface area contributed by atoms with E-state index in [0.29, 0.717) is 0 Å². The Morgan fingerprint density at radius 3 is 2.78 bits per heavy atom. The average Bonchev–Trinajstić information content (AvgIpc) is 3.13. The first-order chi connectivity index (χ1) is 13.0. The summed E-state index contributed by atoms with van der Waals surface area (Å²) in [4.78, 5) is 19.9. The second-order valence-corrected chi connectivity index (χ2v) is 8.46. The number of nitrogens with one attached hydrogen (secondary N) is 1. The predicted octanol–water partition coefficient (Wildman–Crippen LogP) is 5.08. The Morgan fingerprint density at radius 1 is 1.22 bits per heavy atom. The lowest BCUT2D eigenvalue weighted by Gasteiger charge is -2.33. The third-order valence-electron chi connectivity index (χ3n) is 5.38. The number of piperidine rings is 1. The van der Waals surface area contributed by atoms with E-state index in [-0.39, 0.29) is 11.8 Å². The summed E-state index contributed by atoms with van der Waals surface area (Å²) in [7, 11) is 0. The minimum atomic E-state index is -0.0189. The largest absolute Gasteiger partial charge is 0.355 e. The molecule has 1 aromatic carbocycles. The number of thiophene rings is 1. The quantitative estimate of drug-likeness (QED) is 0.690. The molecule has 0 aliphatic carbocycles. The van der Waals surface area contributed by atoms with Crippen LogP contribution in [0.15, 0.2) is 35.8 Å². The Hall–Kier alpha value is -2.40. The minimum absolute atomic E-state index is 0.0189. The van der Waals surface area contributed by atoms with E-state index in [0.717, 1.165) is 48.6 Å². The molecule has 0 bridgehead atoms. The standard InChI is InChI=1S/C22H25N3OS/c1-14-11-15(2)20(16(3)12-14)24-22(26)17-5-4-9-25(13-17)21-18-7-10-27-19(18)6-8-23-21/h6-8,10-12,17H,4-5,9,13H2,1-3H3,(H,24,26). The first-order valence-electron chi connectivity index (χ1n) is 9.49. The van der Waals surface area contributed by atoms with Gasteiger partial charge in [0.2, 0.25) is 5.91 Å². The van der Waals surface area contributed by atoms with Gasteiger partial charge in [0, 0.05) is 35.1 Å². The fraction of sp³-hybridized carbons (Fsp3) is 0.364. The number of carbonyl (C=O) groups is 1. The van der Waals surface area contributed by atoms with E-state index >= 15 is 0 Å². The molecule has 2 aromatic heterocycles. The zero-order valence-electron chi connectivity index (χ0n) is 16.1. The second-order valence-electron chi connectivity index (χ2n) is 7.52. The third-order valence-corrected chi connectivity index (χ3v) is 6.26. The van der Waals surface area contributed by atoms with Gasteiger partial charge in [0.25, 0.3) is 0 Å². The topological polar surface area (TPSA) is 45.2 Å². The number of nitrogens with zero attached hydrogens (tertiary/aromatic N) is 2. The van der Waals surface area contributed by atoms with E-state index in [4.69, 9.17) is 0 Å². The second kappa shape index (κ2) is 7.31. The van der Waals surface area contributed by atoms with Crippen LogP contribution in [0.25, 0.3) is 10.1 Å². The van der Waals surface area contributed by atoms with Gasteiger partial charge in [-0.1, -0.05) is 17.7 Å². The molecule has 1 fully saturated rings. The van der Waals surface area contributed by atoms with Crippen LogP contribution in [0.5, 0.6) is 0 Å². The van der Waals surface area contributed by atoms with Crippen LogP contribution in [0.2, 0.25) is 0 Å². The maximum Gasteiger partial charge on any atom is 0.229 e. The molecule has 3 heterocycles. The lowest BCUT2D eigenvalue weighted by atomic mass is 9.96. The van der Waals surface area contributed by atoms with E-state index < -0.39 is 0 Å². The van der Waals surface area contributed by atoms with Gasteiger partial charge < -0.3 is 10.2 Å². The van der Waals surface area contributed by atoms with Crippen molar-refractivity contribution < 1.29 is 4.79 Å². The van der Waals surface area contributed by atoms with Crippen LogP contribution in [-0.4, -0.2) is 24.0 Å². The van der Waals surface area contributed by atoms with Crippen LogP contribution in [-0.2, 0) is 4.79 Å². The molecule has 1 atom stereocenters. The van der Waals surface area contributed by atoms with Crippen molar-refractivity contribution in [3.63, 3.8) is 0 Å². The van der Waals surface area contributed by atoms with Crippen molar-refractivity contribution in [2.24, 2.45) is 5.92 Å². The molecule has 0 radical (unpaired) electrons. The van der Waals surface area contributed by atoms with Crippen LogP contribution >= 0.6 is 11.3 Å². The molecule has 0 spiro atoms. The highest BCUT2D eigenvalue weighted by Crippen LogP contribution is 2.32. The van der Waals surface area contributed by atoms with Gasteiger partial charge in [-0.3, -0.25) is 4.79 Å². The summed E-state index contributed by atoms with van der Waals surface area (Å²) in [5, 5.41) is 6.49. The summed E-state index contributed by atoms with van der Waals surface area (Å²) in [5.41, 5.74) is 4.43. The monoisotopic (exact) mass is 379 g/mol. The maximum atomic E-state index is 13.0. The number of aryl methyl sites for hydroxylation is 3. The summed E-state index contributed by atoms with van der Waals surface area (Å²) in [6.07, 6.45) is 3.80. The molecule has 1 unspecified atom stereocenters. The van der Waals surface area contributed by atoms with Gasteiger partial charge in [0.15, 0.2) is 0 Å². The zero-order chi connectivity index (χ0) is 19.0. The molecule has 1 aliphatic heterocycles. The number of rotatable bonds is 3.